The van der Waals surface area contributed by atoms with Crippen molar-refractivity contribution in [2.24, 2.45) is 0 Å². The van der Waals surface area contributed by atoms with Crippen LogP contribution in [-0.2, 0) is 0 Å². The number of nitrogens with zero attached hydrogens (tertiary/aromatic N) is 1. The molecule has 1 aromatic carbocycles. The molecular weight excluding hydrogens is 221 g/mol. The molecule has 16 heavy (non-hydrogen) atoms. The van der Waals surface area contributed by atoms with Gasteiger partial charge in [0.1, 0.15) is 5.82 Å². The Hall–Kier alpha value is -1.72. The average molecular weight is 232 g/mol. The second kappa shape index (κ2) is 4.87. The molecule has 6 heteroatoms. The van der Waals surface area contributed by atoms with Crippen molar-refractivity contribution in [1.82, 2.24) is 4.90 Å². The Bertz CT molecular complexity index is 409. The number of carbonyl (C=O) groups is 1. The van der Waals surface area contributed by atoms with E-state index in [4.69, 9.17) is 0 Å². The molecule has 0 saturated heterocycles. The van der Waals surface area contributed by atoms with Gasteiger partial charge in [0.15, 0.2) is 11.6 Å². The van der Waals surface area contributed by atoms with Gasteiger partial charge in [-0.1, -0.05) is 0 Å². The monoisotopic (exact) mass is 232 g/mol. The summed E-state index contributed by atoms with van der Waals surface area (Å²) in [6, 6.07) is 0.500. The Morgan fingerprint density at radius 2 is 2.00 bits per heavy atom. The number of benzene rings is 1. The maximum atomic E-state index is 13.1. The Labute approximate surface area is 90.9 Å². The molecule has 0 spiro atoms. The average Bonchev–Trinajstić information content (AvgIpc) is 2.23. The third-order valence-corrected chi connectivity index (χ3v) is 2.06. The molecule has 1 N–H and O–H groups in total. The van der Waals surface area contributed by atoms with E-state index in [-0.39, 0.29) is 0 Å². The van der Waals surface area contributed by atoms with Gasteiger partial charge in [-0.3, -0.25) is 0 Å². The SMILES string of the molecule is CCN(C)C(=O)Nc1cc(F)cc(F)c1F. The minimum absolute atomic E-state index is 0.394. The number of rotatable bonds is 2. The van der Waals surface area contributed by atoms with Gasteiger partial charge in [-0.2, -0.15) is 0 Å². The van der Waals surface area contributed by atoms with E-state index < -0.39 is 29.2 Å². The van der Waals surface area contributed by atoms with Gasteiger partial charge in [0.2, 0.25) is 0 Å². The van der Waals surface area contributed by atoms with Crippen LogP contribution in [0.2, 0.25) is 0 Å². The van der Waals surface area contributed by atoms with Gasteiger partial charge in [-0.05, 0) is 6.92 Å². The molecule has 0 saturated carbocycles. The second-order valence-corrected chi connectivity index (χ2v) is 3.19. The summed E-state index contributed by atoms with van der Waals surface area (Å²) in [5.74, 6) is -3.57. The number of anilines is 1. The first-order valence-corrected chi connectivity index (χ1v) is 4.62. The number of amides is 2. The lowest BCUT2D eigenvalue weighted by molar-refractivity contribution is 0.224. The number of hydrogen-bond donors (Lipinski definition) is 1. The predicted octanol–water partition coefficient (Wildman–Crippen LogP) is 2.59. The highest BCUT2D eigenvalue weighted by Crippen LogP contribution is 2.19. The van der Waals surface area contributed by atoms with Crippen molar-refractivity contribution in [3.05, 3.63) is 29.6 Å². The molecule has 0 heterocycles. The molecule has 0 unspecified atom stereocenters. The fourth-order valence-electron chi connectivity index (χ4n) is 1.00. The summed E-state index contributed by atoms with van der Waals surface area (Å²) in [7, 11) is 1.48. The summed E-state index contributed by atoms with van der Waals surface area (Å²) in [4.78, 5) is 12.6. The van der Waals surface area contributed by atoms with Crippen LogP contribution in [0.1, 0.15) is 6.92 Å². The fourth-order valence-corrected chi connectivity index (χ4v) is 1.00. The van der Waals surface area contributed by atoms with Crippen LogP contribution in [-0.4, -0.2) is 24.5 Å². The van der Waals surface area contributed by atoms with E-state index >= 15 is 0 Å². The maximum absolute atomic E-state index is 13.1. The van der Waals surface area contributed by atoms with Gasteiger partial charge in [-0.15, -0.1) is 0 Å². The third-order valence-electron chi connectivity index (χ3n) is 2.06. The van der Waals surface area contributed by atoms with Crippen LogP contribution >= 0.6 is 0 Å². The Balaban J connectivity index is 2.93. The highest BCUT2D eigenvalue weighted by Gasteiger charge is 2.14. The van der Waals surface area contributed by atoms with E-state index in [2.05, 4.69) is 5.32 Å². The van der Waals surface area contributed by atoms with Crippen molar-refractivity contribution in [3.8, 4) is 0 Å². The molecule has 88 valence electrons. The zero-order chi connectivity index (χ0) is 12.3. The lowest BCUT2D eigenvalue weighted by Gasteiger charge is -2.15. The smallest absolute Gasteiger partial charge is 0.321 e. The first kappa shape index (κ1) is 12.4. The van der Waals surface area contributed by atoms with Crippen molar-refractivity contribution < 1.29 is 18.0 Å². The van der Waals surface area contributed by atoms with Gasteiger partial charge in [0.05, 0.1) is 5.69 Å². The van der Waals surface area contributed by atoms with Crippen LogP contribution in [0.15, 0.2) is 12.1 Å². The summed E-state index contributed by atoms with van der Waals surface area (Å²) in [5, 5.41) is 2.07. The van der Waals surface area contributed by atoms with E-state index in [0.29, 0.717) is 12.6 Å². The summed E-state index contributed by atoms with van der Waals surface area (Å²) in [5.41, 5.74) is -0.511. The van der Waals surface area contributed by atoms with Crippen LogP contribution in [0.4, 0.5) is 23.7 Å². The number of urea groups is 1. The van der Waals surface area contributed by atoms with Crippen LogP contribution in [0, 0.1) is 17.5 Å². The molecule has 0 bridgehead atoms. The van der Waals surface area contributed by atoms with Gasteiger partial charge in [-0.25, -0.2) is 18.0 Å². The standard InChI is InChI=1S/C10H11F3N2O/c1-3-15(2)10(16)14-8-5-6(11)4-7(12)9(8)13/h4-5H,3H2,1-2H3,(H,14,16). The number of carbonyl (C=O) groups excluding carboxylic acids is 1. The van der Waals surface area contributed by atoms with Crippen molar-refractivity contribution in [1.29, 1.82) is 0 Å². The fraction of sp³-hybridized carbons (Fsp3) is 0.300. The quantitative estimate of drug-likeness (QED) is 0.781. The van der Waals surface area contributed by atoms with Crippen LogP contribution in [0.25, 0.3) is 0 Å². The Morgan fingerprint density at radius 3 is 2.56 bits per heavy atom. The molecule has 0 aliphatic rings. The zero-order valence-corrected chi connectivity index (χ0v) is 8.85. The van der Waals surface area contributed by atoms with E-state index in [1.165, 1.54) is 11.9 Å². The number of nitrogens with one attached hydrogen (secondary N) is 1. The van der Waals surface area contributed by atoms with E-state index in [1.54, 1.807) is 6.92 Å². The van der Waals surface area contributed by atoms with Crippen molar-refractivity contribution in [2.45, 2.75) is 6.92 Å². The Kier molecular flexibility index (Phi) is 3.76. The van der Waals surface area contributed by atoms with Crippen LogP contribution in [0.3, 0.4) is 0 Å². The van der Waals surface area contributed by atoms with E-state index in [9.17, 15) is 18.0 Å². The molecular formula is C10H11F3N2O. The van der Waals surface area contributed by atoms with Crippen LogP contribution in [0.5, 0.6) is 0 Å². The number of hydrogen-bond acceptors (Lipinski definition) is 1. The largest absolute Gasteiger partial charge is 0.328 e. The molecule has 0 aliphatic carbocycles. The minimum Gasteiger partial charge on any atom is -0.328 e. The Morgan fingerprint density at radius 1 is 1.38 bits per heavy atom. The molecule has 0 aromatic heterocycles. The normalized spacial score (nSPS) is 10.1. The zero-order valence-electron chi connectivity index (χ0n) is 8.85. The first-order valence-electron chi connectivity index (χ1n) is 4.62. The molecule has 2 amide bonds. The minimum atomic E-state index is -1.34. The summed E-state index contributed by atoms with van der Waals surface area (Å²) < 4.78 is 38.7. The third kappa shape index (κ3) is 2.65. The van der Waals surface area contributed by atoms with E-state index in [1.807, 2.05) is 0 Å². The summed E-state index contributed by atoms with van der Waals surface area (Å²) >= 11 is 0. The van der Waals surface area contributed by atoms with Gasteiger partial charge in [0, 0.05) is 25.7 Å². The molecule has 3 nitrogen and oxygen atoms in total. The van der Waals surface area contributed by atoms with Gasteiger partial charge >= 0.3 is 6.03 Å². The second-order valence-electron chi connectivity index (χ2n) is 3.19. The number of halogens is 3. The maximum Gasteiger partial charge on any atom is 0.321 e. The summed E-state index contributed by atoms with van der Waals surface area (Å²) in [6.45, 7) is 2.10. The molecule has 1 aromatic rings. The van der Waals surface area contributed by atoms with Crippen molar-refractivity contribution in [2.75, 3.05) is 18.9 Å². The predicted molar refractivity (Wildman–Crippen MR) is 53.6 cm³/mol. The lowest BCUT2D eigenvalue weighted by atomic mass is 10.3. The van der Waals surface area contributed by atoms with Gasteiger partial charge in [0.25, 0.3) is 0 Å². The molecule has 0 atom stereocenters. The molecule has 0 aliphatic heterocycles. The van der Waals surface area contributed by atoms with Gasteiger partial charge < -0.3 is 10.2 Å². The van der Waals surface area contributed by atoms with E-state index in [0.717, 1.165) is 6.07 Å². The first-order chi connectivity index (χ1) is 7.45. The van der Waals surface area contributed by atoms with Crippen molar-refractivity contribution in [3.63, 3.8) is 0 Å². The summed E-state index contributed by atoms with van der Waals surface area (Å²) in [6.07, 6.45) is 0. The highest BCUT2D eigenvalue weighted by atomic mass is 19.2. The molecule has 1 rings (SSSR count). The topological polar surface area (TPSA) is 32.3 Å². The molecule has 0 fully saturated rings. The lowest BCUT2D eigenvalue weighted by Crippen LogP contribution is -2.31. The highest BCUT2D eigenvalue weighted by molar-refractivity contribution is 5.89. The van der Waals surface area contributed by atoms with Crippen molar-refractivity contribution >= 4 is 11.7 Å². The van der Waals surface area contributed by atoms with Crippen LogP contribution < -0.4 is 5.32 Å². The molecule has 0 radical (unpaired) electrons.